The summed E-state index contributed by atoms with van der Waals surface area (Å²) in [6, 6.07) is 8.48. The van der Waals surface area contributed by atoms with Crippen LogP contribution in [0.3, 0.4) is 0 Å². The number of nitrogens with one attached hydrogen (secondary N) is 2. The van der Waals surface area contributed by atoms with E-state index < -0.39 is 30.1 Å². The van der Waals surface area contributed by atoms with Gasteiger partial charge < -0.3 is 25.2 Å². The Morgan fingerprint density at radius 1 is 1.22 bits per heavy atom. The smallest absolute Gasteiger partial charge is 0.407 e. The monoisotopic (exact) mass is 378 g/mol. The molecule has 0 heterocycles. The number of carbonyl (C=O) groups is 3. The van der Waals surface area contributed by atoms with Gasteiger partial charge in [0.1, 0.15) is 12.6 Å². The first-order valence-electron chi connectivity index (χ1n) is 8.97. The van der Waals surface area contributed by atoms with Crippen LogP contribution in [0.15, 0.2) is 30.3 Å². The van der Waals surface area contributed by atoms with Crippen molar-refractivity contribution < 1.29 is 29.0 Å². The first-order valence-corrected chi connectivity index (χ1v) is 8.97. The van der Waals surface area contributed by atoms with Gasteiger partial charge in [-0.1, -0.05) is 43.2 Å². The Labute approximate surface area is 158 Å². The number of esters is 1. The normalized spacial score (nSPS) is 15.3. The van der Waals surface area contributed by atoms with Gasteiger partial charge in [-0.05, 0) is 17.9 Å². The van der Waals surface area contributed by atoms with Crippen molar-refractivity contribution in [2.75, 3.05) is 13.7 Å². The summed E-state index contributed by atoms with van der Waals surface area (Å²) in [5.74, 6) is -0.536. The number of rotatable bonds is 10. The van der Waals surface area contributed by atoms with Crippen LogP contribution in [-0.2, 0) is 25.7 Å². The second-order valence-electron chi connectivity index (χ2n) is 6.62. The molecule has 0 aromatic heterocycles. The maximum atomic E-state index is 12.0. The highest BCUT2D eigenvalue weighted by atomic mass is 16.5. The Hall–Kier alpha value is -2.61. The van der Waals surface area contributed by atoms with Gasteiger partial charge in [0.05, 0.1) is 19.6 Å². The van der Waals surface area contributed by atoms with Crippen LogP contribution in [-0.4, -0.2) is 48.9 Å². The summed E-state index contributed by atoms with van der Waals surface area (Å²) in [6.45, 7) is -0.0161. The first kappa shape index (κ1) is 20.7. The van der Waals surface area contributed by atoms with Crippen LogP contribution in [0.25, 0.3) is 0 Å². The molecule has 0 radical (unpaired) electrons. The number of hydrogen-bond donors (Lipinski definition) is 3. The molecule has 0 bridgehead atoms. The molecule has 0 saturated heterocycles. The SMILES string of the molecule is COC(=O)[C@H](CC1CC1)NC(=O)C[C@H](O)CNC(=O)OCc1ccccc1. The fourth-order valence-electron chi connectivity index (χ4n) is 2.56. The highest BCUT2D eigenvalue weighted by molar-refractivity contribution is 5.84. The van der Waals surface area contributed by atoms with Crippen molar-refractivity contribution in [3.8, 4) is 0 Å². The Kier molecular flexibility index (Phi) is 8.06. The van der Waals surface area contributed by atoms with Gasteiger partial charge in [-0.3, -0.25) is 4.79 Å². The topological polar surface area (TPSA) is 114 Å². The quantitative estimate of drug-likeness (QED) is 0.526. The molecule has 3 N–H and O–H groups in total. The maximum absolute atomic E-state index is 12.0. The van der Waals surface area contributed by atoms with E-state index in [4.69, 9.17) is 9.47 Å². The Balaban J connectivity index is 1.65. The standard InChI is InChI=1S/C19H26N2O6/c1-26-18(24)16(9-13-7-8-13)21-17(23)10-15(22)11-20-19(25)27-12-14-5-3-2-4-6-14/h2-6,13,15-16,22H,7-12H2,1H3,(H,20,25)(H,21,23)/t15-,16-/m0/s1. The molecule has 2 amide bonds. The van der Waals surface area contributed by atoms with Gasteiger partial charge in [-0.15, -0.1) is 0 Å². The van der Waals surface area contributed by atoms with Crippen molar-refractivity contribution in [1.82, 2.24) is 10.6 Å². The lowest BCUT2D eigenvalue weighted by atomic mass is 10.1. The zero-order valence-electron chi connectivity index (χ0n) is 15.3. The number of carbonyl (C=O) groups excluding carboxylic acids is 3. The summed E-state index contributed by atoms with van der Waals surface area (Å²) >= 11 is 0. The number of aliphatic hydroxyl groups excluding tert-OH is 1. The largest absolute Gasteiger partial charge is 0.467 e. The van der Waals surface area contributed by atoms with Crippen LogP contribution in [0.2, 0.25) is 0 Å². The van der Waals surface area contributed by atoms with Crippen molar-refractivity contribution in [2.24, 2.45) is 5.92 Å². The highest BCUT2D eigenvalue weighted by Crippen LogP contribution is 2.33. The molecule has 1 aliphatic rings. The molecule has 1 aliphatic carbocycles. The van der Waals surface area contributed by atoms with E-state index in [9.17, 15) is 19.5 Å². The zero-order valence-corrected chi connectivity index (χ0v) is 15.3. The van der Waals surface area contributed by atoms with E-state index in [0.29, 0.717) is 12.3 Å². The van der Waals surface area contributed by atoms with Crippen molar-refractivity contribution >= 4 is 18.0 Å². The van der Waals surface area contributed by atoms with Gasteiger partial charge in [-0.25, -0.2) is 9.59 Å². The van der Waals surface area contributed by atoms with E-state index in [2.05, 4.69) is 10.6 Å². The molecule has 0 spiro atoms. The number of methoxy groups -OCH3 is 1. The fraction of sp³-hybridized carbons (Fsp3) is 0.526. The van der Waals surface area contributed by atoms with Crippen molar-refractivity contribution in [2.45, 2.75) is 44.4 Å². The second-order valence-corrected chi connectivity index (χ2v) is 6.62. The Morgan fingerprint density at radius 3 is 2.56 bits per heavy atom. The average molecular weight is 378 g/mol. The molecular formula is C19H26N2O6. The van der Waals surface area contributed by atoms with E-state index in [1.165, 1.54) is 7.11 Å². The number of aliphatic hydroxyl groups is 1. The van der Waals surface area contributed by atoms with Crippen LogP contribution in [0, 0.1) is 5.92 Å². The van der Waals surface area contributed by atoms with E-state index in [1.54, 1.807) is 0 Å². The lowest BCUT2D eigenvalue weighted by Gasteiger charge is -2.17. The number of benzene rings is 1. The number of hydrogen-bond acceptors (Lipinski definition) is 6. The molecule has 0 aliphatic heterocycles. The molecule has 8 heteroatoms. The van der Waals surface area contributed by atoms with Gasteiger partial charge in [0.25, 0.3) is 0 Å². The molecular weight excluding hydrogens is 352 g/mol. The van der Waals surface area contributed by atoms with E-state index in [-0.39, 0.29) is 19.6 Å². The van der Waals surface area contributed by atoms with Gasteiger partial charge in [0.15, 0.2) is 0 Å². The molecule has 2 atom stereocenters. The predicted molar refractivity (Wildman–Crippen MR) is 96.5 cm³/mol. The summed E-state index contributed by atoms with van der Waals surface area (Å²) in [4.78, 5) is 35.4. The minimum atomic E-state index is -1.09. The van der Waals surface area contributed by atoms with E-state index >= 15 is 0 Å². The van der Waals surface area contributed by atoms with Gasteiger partial charge in [-0.2, -0.15) is 0 Å². The summed E-state index contributed by atoms with van der Waals surface area (Å²) in [5, 5.41) is 14.9. The summed E-state index contributed by atoms with van der Waals surface area (Å²) in [6.07, 6.45) is 0.616. The number of amides is 2. The van der Waals surface area contributed by atoms with Gasteiger partial charge in [0.2, 0.25) is 5.91 Å². The first-order chi connectivity index (χ1) is 13.0. The molecule has 148 valence electrons. The van der Waals surface area contributed by atoms with Crippen LogP contribution < -0.4 is 10.6 Å². The van der Waals surface area contributed by atoms with Gasteiger partial charge >= 0.3 is 12.1 Å². The minimum Gasteiger partial charge on any atom is -0.467 e. The van der Waals surface area contributed by atoms with Gasteiger partial charge in [0, 0.05) is 6.54 Å². The summed E-state index contributed by atoms with van der Waals surface area (Å²) in [5.41, 5.74) is 0.845. The average Bonchev–Trinajstić information content (AvgIpc) is 3.48. The molecule has 1 saturated carbocycles. The molecule has 27 heavy (non-hydrogen) atoms. The van der Waals surface area contributed by atoms with E-state index in [0.717, 1.165) is 18.4 Å². The maximum Gasteiger partial charge on any atom is 0.407 e. The molecule has 1 aromatic rings. The molecule has 8 nitrogen and oxygen atoms in total. The van der Waals surface area contributed by atoms with Crippen LogP contribution in [0.5, 0.6) is 0 Å². The van der Waals surface area contributed by atoms with Crippen molar-refractivity contribution in [1.29, 1.82) is 0 Å². The van der Waals surface area contributed by atoms with E-state index in [1.807, 2.05) is 30.3 Å². The van der Waals surface area contributed by atoms with Crippen molar-refractivity contribution in [3.63, 3.8) is 0 Å². The molecule has 1 aromatic carbocycles. The number of ether oxygens (including phenoxy) is 2. The Bertz CT molecular complexity index is 632. The third-order valence-electron chi connectivity index (χ3n) is 4.20. The molecule has 2 rings (SSSR count). The third-order valence-corrected chi connectivity index (χ3v) is 4.20. The lowest BCUT2D eigenvalue weighted by molar-refractivity contribution is -0.145. The zero-order chi connectivity index (χ0) is 19.6. The Morgan fingerprint density at radius 2 is 1.93 bits per heavy atom. The highest BCUT2D eigenvalue weighted by Gasteiger charge is 2.31. The fourth-order valence-corrected chi connectivity index (χ4v) is 2.56. The van der Waals surface area contributed by atoms with Crippen molar-refractivity contribution in [3.05, 3.63) is 35.9 Å². The summed E-state index contributed by atoms with van der Waals surface area (Å²) in [7, 11) is 1.27. The van der Waals surface area contributed by atoms with Crippen LogP contribution in [0.4, 0.5) is 4.79 Å². The second kappa shape index (κ2) is 10.5. The molecule has 0 unspecified atom stereocenters. The summed E-state index contributed by atoms with van der Waals surface area (Å²) < 4.78 is 9.72. The lowest BCUT2D eigenvalue weighted by Crippen LogP contribution is -2.44. The predicted octanol–water partition coefficient (Wildman–Crippen LogP) is 1.12. The minimum absolute atomic E-state index is 0.116. The molecule has 1 fully saturated rings. The van der Waals surface area contributed by atoms with Crippen LogP contribution >= 0.6 is 0 Å². The number of alkyl carbamates (subject to hydrolysis) is 1. The van der Waals surface area contributed by atoms with Crippen LogP contribution in [0.1, 0.15) is 31.2 Å². The third kappa shape index (κ3) is 8.08.